The van der Waals surface area contributed by atoms with Crippen LogP contribution in [0.2, 0.25) is 0 Å². The first-order chi connectivity index (χ1) is 9.95. The second kappa shape index (κ2) is 4.69. The molecule has 0 aliphatic heterocycles. The number of aromatic nitrogens is 2. The van der Waals surface area contributed by atoms with Crippen LogP contribution in [0.15, 0.2) is 30.3 Å². The maximum absolute atomic E-state index is 13.7. The van der Waals surface area contributed by atoms with Crippen LogP contribution in [0.1, 0.15) is 0 Å². The van der Waals surface area contributed by atoms with Crippen molar-refractivity contribution in [2.24, 2.45) is 0 Å². The molecule has 0 spiro atoms. The molecule has 2 aromatic carbocycles. The molecule has 1 heterocycles. The molecule has 0 saturated heterocycles. The predicted molar refractivity (Wildman–Crippen MR) is 69.2 cm³/mol. The Balaban J connectivity index is 2.31. The molecule has 0 amide bonds. The molecule has 106 valence electrons. The van der Waals surface area contributed by atoms with Crippen molar-refractivity contribution >= 4 is 16.7 Å². The van der Waals surface area contributed by atoms with Gasteiger partial charge in [-0.15, -0.1) is 0 Å². The van der Waals surface area contributed by atoms with Gasteiger partial charge in [0, 0.05) is 23.6 Å². The van der Waals surface area contributed by atoms with Gasteiger partial charge in [0.2, 0.25) is 0 Å². The summed E-state index contributed by atoms with van der Waals surface area (Å²) in [5.41, 5.74) is 5.16. The molecule has 3 rings (SSSR count). The summed E-state index contributed by atoms with van der Waals surface area (Å²) in [6.45, 7) is 0. The Morgan fingerprint density at radius 3 is 2.14 bits per heavy atom. The van der Waals surface area contributed by atoms with Crippen molar-refractivity contribution in [3.05, 3.63) is 53.6 Å². The first-order valence-corrected chi connectivity index (χ1v) is 5.83. The highest BCUT2D eigenvalue weighted by Gasteiger charge is 2.18. The number of halogens is 4. The van der Waals surface area contributed by atoms with Gasteiger partial charge in [0.1, 0.15) is 29.1 Å². The summed E-state index contributed by atoms with van der Waals surface area (Å²) in [6, 6.07) is 4.61. The number of hydrogen-bond acceptors (Lipinski definition) is 3. The molecule has 0 atom stereocenters. The average molecular weight is 293 g/mol. The zero-order valence-corrected chi connectivity index (χ0v) is 10.4. The van der Waals surface area contributed by atoms with Gasteiger partial charge in [-0.1, -0.05) is 0 Å². The summed E-state index contributed by atoms with van der Waals surface area (Å²) >= 11 is 0. The summed E-state index contributed by atoms with van der Waals surface area (Å²) in [5.74, 6) is -4.40. The van der Waals surface area contributed by atoms with Gasteiger partial charge < -0.3 is 5.73 Å². The SMILES string of the molecule is Nc1nc(-c2c(F)cc(F)cc2F)nc2cc(F)ccc12. The van der Waals surface area contributed by atoms with Gasteiger partial charge in [0.05, 0.1) is 11.1 Å². The zero-order valence-electron chi connectivity index (χ0n) is 10.4. The number of hydrogen-bond donors (Lipinski definition) is 1. The monoisotopic (exact) mass is 293 g/mol. The summed E-state index contributed by atoms with van der Waals surface area (Å²) in [5, 5.41) is 0.350. The van der Waals surface area contributed by atoms with Crippen LogP contribution >= 0.6 is 0 Å². The minimum Gasteiger partial charge on any atom is -0.383 e. The van der Waals surface area contributed by atoms with Crippen molar-refractivity contribution < 1.29 is 17.6 Å². The number of anilines is 1. The van der Waals surface area contributed by atoms with Crippen LogP contribution in [-0.2, 0) is 0 Å². The molecule has 3 nitrogen and oxygen atoms in total. The van der Waals surface area contributed by atoms with Gasteiger partial charge in [-0.3, -0.25) is 0 Å². The lowest BCUT2D eigenvalue weighted by molar-refractivity contribution is 0.547. The van der Waals surface area contributed by atoms with Crippen LogP contribution < -0.4 is 5.73 Å². The van der Waals surface area contributed by atoms with E-state index in [-0.39, 0.29) is 17.2 Å². The van der Waals surface area contributed by atoms with E-state index in [4.69, 9.17) is 5.73 Å². The Morgan fingerprint density at radius 1 is 0.810 bits per heavy atom. The maximum atomic E-state index is 13.7. The van der Waals surface area contributed by atoms with Crippen molar-refractivity contribution in [2.75, 3.05) is 5.73 Å². The molecule has 0 bridgehead atoms. The van der Waals surface area contributed by atoms with Gasteiger partial charge in [0.15, 0.2) is 5.82 Å². The van der Waals surface area contributed by atoms with Crippen LogP contribution in [0.3, 0.4) is 0 Å². The molecule has 0 fully saturated rings. The lowest BCUT2D eigenvalue weighted by Crippen LogP contribution is -2.01. The molecule has 0 radical (unpaired) electrons. The van der Waals surface area contributed by atoms with Gasteiger partial charge >= 0.3 is 0 Å². The predicted octanol–water partition coefficient (Wildman–Crippen LogP) is 3.44. The lowest BCUT2D eigenvalue weighted by atomic mass is 10.1. The maximum Gasteiger partial charge on any atom is 0.168 e. The van der Waals surface area contributed by atoms with Crippen LogP contribution in [0.5, 0.6) is 0 Å². The second-order valence-electron chi connectivity index (χ2n) is 4.34. The van der Waals surface area contributed by atoms with Crippen molar-refractivity contribution in [1.82, 2.24) is 9.97 Å². The number of rotatable bonds is 1. The Labute approximate surface area is 116 Å². The molecule has 0 aliphatic carbocycles. The van der Waals surface area contributed by atoms with Crippen molar-refractivity contribution in [3.63, 3.8) is 0 Å². The van der Waals surface area contributed by atoms with Crippen LogP contribution in [0.4, 0.5) is 23.4 Å². The van der Waals surface area contributed by atoms with Crippen LogP contribution in [0, 0.1) is 23.3 Å². The lowest BCUT2D eigenvalue weighted by Gasteiger charge is -2.07. The molecule has 0 unspecified atom stereocenters. The number of nitrogens with two attached hydrogens (primary N) is 1. The van der Waals surface area contributed by atoms with Crippen molar-refractivity contribution in [2.45, 2.75) is 0 Å². The second-order valence-corrected chi connectivity index (χ2v) is 4.34. The molecule has 2 N–H and O–H groups in total. The van der Waals surface area contributed by atoms with E-state index in [1.54, 1.807) is 0 Å². The molecule has 1 aromatic heterocycles. The average Bonchev–Trinajstić information content (AvgIpc) is 2.36. The highest BCUT2D eigenvalue weighted by atomic mass is 19.1. The molecular formula is C14H7F4N3. The van der Waals surface area contributed by atoms with E-state index in [9.17, 15) is 17.6 Å². The highest BCUT2D eigenvalue weighted by molar-refractivity contribution is 5.89. The van der Waals surface area contributed by atoms with Crippen molar-refractivity contribution in [1.29, 1.82) is 0 Å². The van der Waals surface area contributed by atoms with Gasteiger partial charge in [-0.2, -0.15) is 0 Å². The summed E-state index contributed by atoms with van der Waals surface area (Å²) < 4.78 is 53.6. The molecule has 0 aliphatic rings. The third kappa shape index (κ3) is 2.26. The molecular weight excluding hydrogens is 286 g/mol. The fourth-order valence-electron chi connectivity index (χ4n) is 1.99. The molecule has 7 heteroatoms. The minimum absolute atomic E-state index is 0.0573. The van der Waals surface area contributed by atoms with Gasteiger partial charge in [-0.05, 0) is 12.1 Å². The third-order valence-corrected chi connectivity index (χ3v) is 2.92. The normalized spacial score (nSPS) is 11.0. The molecule has 0 saturated carbocycles. The largest absolute Gasteiger partial charge is 0.383 e. The summed E-state index contributed by atoms with van der Waals surface area (Å²) in [7, 11) is 0. The van der Waals surface area contributed by atoms with E-state index in [0.717, 1.165) is 6.07 Å². The first kappa shape index (κ1) is 13.3. The molecule has 3 aromatic rings. The molecule has 21 heavy (non-hydrogen) atoms. The smallest absolute Gasteiger partial charge is 0.168 e. The van der Waals surface area contributed by atoms with Gasteiger partial charge in [0.25, 0.3) is 0 Å². The Hall–Kier alpha value is -2.70. The summed E-state index contributed by atoms with van der Waals surface area (Å²) in [6.07, 6.45) is 0. The van der Waals surface area contributed by atoms with Gasteiger partial charge in [-0.25, -0.2) is 27.5 Å². The number of nitrogens with zero attached hydrogens (tertiary/aromatic N) is 2. The topological polar surface area (TPSA) is 51.8 Å². The minimum atomic E-state index is -1.16. The Morgan fingerprint density at radius 2 is 1.48 bits per heavy atom. The first-order valence-electron chi connectivity index (χ1n) is 5.83. The Kier molecular flexibility index (Phi) is 2.97. The number of fused-ring (bicyclic) bond motifs is 1. The standard InChI is InChI=1S/C14H7F4N3/c15-6-1-2-8-11(5-6)20-14(21-13(8)19)12-9(17)3-7(16)4-10(12)18/h1-5H,(H2,19,20,21). The van der Waals surface area contributed by atoms with E-state index in [1.165, 1.54) is 12.1 Å². The van der Waals surface area contributed by atoms with E-state index >= 15 is 0 Å². The quantitative estimate of drug-likeness (QED) is 0.699. The van der Waals surface area contributed by atoms with E-state index in [2.05, 4.69) is 9.97 Å². The highest BCUT2D eigenvalue weighted by Crippen LogP contribution is 2.28. The van der Waals surface area contributed by atoms with Crippen molar-refractivity contribution in [3.8, 4) is 11.4 Å². The van der Waals surface area contributed by atoms with E-state index < -0.39 is 28.8 Å². The van der Waals surface area contributed by atoms with Crippen LogP contribution in [-0.4, -0.2) is 9.97 Å². The fourth-order valence-corrected chi connectivity index (χ4v) is 1.99. The zero-order chi connectivity index (χ0) is 15.1. The fraction of sp³-hybridized carbons (Fsp3) is 0. The number of nitrogen functional groups attached to an aromatic ring is 1. The van der Waals surface area contributed by atoms with E-state index in [0.29, 0.717) is 17.5 Å². The number of benzene rings is 2. The van der Waals surface area contributed by atoms with Crippen LogP contribution in [0.25, 0.3) is 22.3 Å². The Bertz CT molecular complexity index is 841. The summed E-state index contributed by atoms with van der Waals surface area (Å²) in [4.78, 5) is 7.68. The van der Waals surface area contributed by atoms with E-state index in [1.807, 2.05) is 0 Å². The third-order valence-electron chi connectivity index (χ3n) is 2.92.